The van der Waals surface area contributed by atoms with Crippen LogP contribution in [0.3, 0.4) is 0 Å². The summed E-state index contributed by atoms with van der Waals surface area (Å²) < 4.78 is 7.30. The lowest BCUT2D eigenvalue weighted by molar-refractivity contribution is 0.0739. The maximum absolute atomic E-state index is 13.0. The van der Waals surface area contributed by atoms with E-state index >= 15 is 0 Å². The van der Waals surface area contributed by atoms with Gasteiger partial charge < -0.3 is 9.64 Å². The molecule has 0 spiro atoms. The average Bonchev–Trinajstić information content (AvgIpc) is 2.94. The van der Waals surface area contributed by atoms with Gasteiger partial charge in [-0.2, -0.15) is 5.10 Å². The van der Waals surface area contributed by atoms with Gasteiger partial charge in [-0.1, -0.05) is 0 Å². The second kappa shape index (κ2) is 6.94. The number of hydrogen-bond donors (Lipinski definition) is 0. The molecule has 4 rings (SSSR count). The molecule has 8 nitrogen and oxygen atoms in total. The van der Waals surface area contributed by atoms with Gasteiger partial charge in [-0.25, -0.2) is 19.5 Å². The molecule has 1 amide bonds. The second-order valence-electron chi connectivity index (χ2n) is 6.04. The van der Waals surface area contributed by atoms with Crippen LogP contribution in [0.25, 0.3) is 5.65 Å². The van der Waals surface area contributed by atoms with Gasteiger partial charge in [-0.15, -0.1) is 0 Å². The van der Waals surface area contributed by atoms with Crippen LogP contribution in [0.4, 0.5) is 0 Å². The van der Waals surface area contributed by atoms with Crippen molar-refractivity contribution in [2.24, 2.45) is 5.92 Å². The first-order valence-electron chi connectivity index (χ1n) is 8.21. The van der Waals surface area contributed by atoms with E-state index in [0.29, 0.717) is 37.5 Å². The predicted octanol–water partition coefficient (Wildman–Crippen LogP) is 0.851. The van der Waals surface area contributed by atoms with E-state index in [1.807, 2.05) is 11.0 Å². The summed E-state index contributed by atoms with van der Waals surface area (Å²) in [4.78, 5) is 27.3. The van der Waals surface area contributed by atoms with Crippen LogP contribution >= 0.6 is 0 Å². The molecule has 0 saturated carbocycles. The minimum absolute atomic E-state index is 0.0631. The van der Waals surface area contributed by atoms with Gasteiger partial charge in [0.15, 0.2) is 5.65 Å². The van der Waals surface area contributed by atoms with Crippen LogP contribution in [-0.4, -0.2) is 61.7 Å². The molecule has 1 aliphatic rings. The van der Waals surface area contributed by atoms with Crippen molar-refractivity contribution in [3.8, 4) is 0 Å². The first-order valence-corrected chi connectivity index (χ1v) is 8.21. The number of fused-ring (bicyclic) bond motifs is 1. The van der Waals surface area contributed by atoms with E-state index in [9.17, 15) is 4.79 Å². The van der Waals surface area contributed by atoms with Crippen LogP contribution in [0.1, 0.15) is 16.1 Å². The summed E-state index contributed by atoms with van der Waals surface area (Å²) in [5.41, 5.74) is 2.05. The summed E-state index contributed by atoms with van der Waals surface area (Å²) in [6, 6.07) is 3.68. The summed E-state index contributed by atoms with van der Waals surface area (Å²) in [5, 5.41) is 4.20. The Bertz CT molecular complexity index is 866. The zero-order valence-corrected chi connectivity index (χ0v) is 13.7. The van der Waals surface area contributed by atoms with E-state index in [1.54, 1.807) is 41.7 Å². The van der Waals surface area contributed by atoms with E-state index in [2.05, 4.69) is 20.1 Å². The van der Waals surface area contributed by atoms with Crippen molar-refractivity contribution in [2.45, 2.75) is 6.42 Å². The SMILES string of the molecule is O=C(c1cnn2cccnc12)N1CCOCC(Cc2ccncn2)C1. The Balaban J connectivity index is 1.53. The molecule has 1 fully saturated rings. The Morgan fingerprint density at radius 3 is 3.16 bits per heavy atom. The minimum atomic E-state index is -0.0631. The van der Waals surface area contributed by atoms with E-state index in [-0.39, 0.29) is 11.8 Å². The molecule has 0 aliphatic carbocycles. The summed E-state index contributed by atoms with van der Waals surface area (Å²) in [5.74, 6) is 0.128. The molecule has 0 aromatic carbocycles. The summed E-state index contributed by atoms with van der Waals surface area (Å²) >= 11 is 0. The Hall–Kier alpha value is -2.87. The van der Waals surface area contributed by atoms with Gasteiger partial charge in [-0.3, -0.25) is 4.79 Å². The molecule has 1 unspecified atom stereocenters. The van der Waals surface area contributed by atoms with Gasteiger partial charge in [0.25, 0.3) is 5.91 Å². The molecule has 4 heterocycles. The first-order chi connectivity index (χ1) is 12.3. The van der Waals surface area contributed by atoms with Crippen LogP contribution in [0.2, 0.25) is 0 Å². The molecule has 0 bridgehead atoms. The largest absolute Gasteiger partial charge is 0.379 e. The van der Waals surface area contributed by atoms with Crippen molar-refractivity contribution >= 4 is 11.6 Å². The number of amides is 1. The fraction of sp³-hybridized carbons (Fsp3) is 0.353. The lowest BCUT2D eigenvalue weighted by atomic mass is 10.0. The maximum atomic E-state index is 13.0. The van der Waals surface area contributed by atoms with Crippen molar-refractivity contribution in [2.75, 3.05) is 26.3 Å². The van der Waals surface area contributed by atoms with E-state index in [4.69, 9.17) is 4.74 Å². The van der Waals surface area contributed by atoms with Crippen molar-refractivity contribution in [1.29, 1.82) is 0 Å². The highest BCUT2D eigenvalue weighted by atomic mass is 16.5. The van der Waals surface area contributed by atoms with Gasteiger partial charge >= 0.3 is 0 Å². The van der Waals surface area contributed by atoms with E-state index < -0.39 is 0 Å². The third kappa shape index (κ3) is 3.34. The monoisotopic (exact) mass is 338 g/mol. The van der Waals surface area contributed by atoms with Crippen molar-refractivity contribution in [3.05, 3.63) is 54.5 Å². The molecule has 1 saturated heterocycles. The fourth-order valence-electron chi connectivity index (χ4n) is 3.07. The number of ether oxygens (including phenoxy) is 1. The summed E-state index contributed by atoms with van der Waals surface area (Å²) in [7, 11) is 0. The maximum Gasteiger partial charge on any atom is 0.259 e. The predicted molar refractivity (Wildman–Crippen MR) is 88.9 cm³/mol. The van der Waals surface area contributed by atoms with Crippen molar-refractivity contribution in [1.82, 2.24) is 29.5 Å². The van der Waals surface area contributed by atoms with E-state index in [1.165, 1.54) is 0 Å². The van der Waals surface area contributed by atoms with Crippen LogP contribution in [0.5, 0.6) is 0 Å². The average molecular weight is 338 g/mol. The molecule has 25 heavy (non-hydrogen) atoms. The highest BCUT2D eigenvalue weighted by Gasteiger charge is 2.26. The molecular weight excluding hydrogens is 320 g/mol. The van der Waals surface area contributed by atoms with Crippen molar-refractivity contribution in [3.63, 3.8) is 0 Å². The molecule has 1 aliphatic heterocycles. The zero-order chi connectivity index (χ0) is 17.1. The molecule has 1 atom stereocenters. The Kier molecular flexibility index (Phi) is 4.34. The van der Waals surface area contributed by atoms with Gasteiger partial charge in [0, 0.05) is 43.3 Å². The molecule has 3 aromatic rings. The number of rotatable bonds is 3. The normalized spacial score (nSPS) is 18.2. The van der Waals surface area contributed by atoms with Crippen LogP contribution < -0.4 is 0 Å². The highest BCUT2D eigenvalue weighted by molar-refractivity contribution is 5.99. The van der Waals surface area contributed by atoms with E-state index in [0.717, 1.165) is 12.1 Å². The first kappa shape index (κ1) is 15.6. The molecule has 0 N–H and O–H groups in total. The smallest absolute Gasteiger partial charge is 0.259 e. The summed E-state index contributed by atoms with van der Waals surface area (Å²) in [6.45, 7) is 2.32. The molecule has 128 valence electrons. The lowest BCUT2D eigenvalue weighted by Gasteiger charge is -2.23. The van der Waals surface area contributed by atoms with Gasteiger partial charge in [0.2, 0.25) is 0 Å². The Morgan fingerprint density at radius 1 is 1.32 bits per heavy atom. The number of nitrogens with zero attached hydrogens (tertiary/aromatic N) is 6. The molecular formula is C17H18N6O2. The minimum Gasteiger partial charge on any atom is -0.379 e. The van der Waals surface area contributed by atoms with Crippen molar-refractivity contribution < 1.29 is 9.53 Å². The lowest BCUT2D eigenvalue weighted by Crippen LogP contribution is -2.36. The van der Waals surface area contributed by atoms with Gasteiger partial charge in [0.05, 0.1) is 19.4 Å². The third-order valence-electron chi connectivity index (χ3n) is 4.28. The van der Waals surface area contributed by atoms with Gasteiger partial charge in [0.1, 0.15) is 11.9 Å². The Morgan fingerprint density at radius 2 is 2.28 bits per heavy atom. The second-order valence-corrected chi connectivity index (χ2v) is 6.04. The quantitative estimate of drug-likeness (QED) is 0.704. The number of aromatic nitrogens is 5. The van der Waals surface area contributed by atoms with Crippen LogP contribution in [-0.2, 0) is 11.2 Å². The Labute approximate surface area is 144 Å². The fourth-order valence-corrected chi connectivity index (χ4v) is 3.07. The molecule has 8 heteroatoms. The molecule has 0 radical (unpaired) electrons. The highest BCUT2D eigenvalue weighted by Crippen LogP contribution is 2.16. The molecule has 3 aromatic heterocycles. The number of hydrogen-bond acceptors (Lipinski definition) is 6. The van der Waals surface area contributed by atoms with Crippen LogP contribution in [0.15, 0.2) is 43.2 Å². The summed E-state index contributed by atoms with van der Waals surface area (Å²) in [6.07, 6.45) is 9.04. The number of carbonyl (C=O) groups is 1. The topological polar surface area (TPSA) is 85.5 Å². The number of carbonyl (C=O) groups excluding carboxylic acids is 1. The zero-order valence-electron chi connectivity index (χ0n) is 13.7. The third-order valence-corrected chi connectivity index (χ3v) is 4.28. The van der Waals surface area contributed by atoms with Gasteiger partial charge in [-0.05, 0) is 18.6 Å². The standard InChI is InChI=1S/C17H18N6O2/c24-17(15-9-21-23-5-1-3-19-16(15)23)22-6-7-25-11-13(10-22)8-14-2-4-18-12-20-14/h1-5,9,12-13H,6-8,10-11H2. The van der Waals surface area contributed by atoms with Crippen LogP contribution in [0, 0.1) is 5.92 Å².